The van der Waals surface area contributed by atoms with E-state index in [0.717, 1.165) is 0 Å². The molecule has 0 aromatic carbocycles. The molecule has 0 nitrogen and oxygen atoms in total. The molecule has 22 valence electrons. The van der Waals surface area contributed by atoms with Crippen LogP contribution < -0.4 is 0 Å². The fourth-order valence-corrected chi connectivity index (χ4v) is 0. The topological polar surface area (TPSA) is 0 Å². The Hall–Kier alpha value is 0.0300. The van der Waals surface area contributed by atoms with E-state index in [1.807, 2.05) is 0 Å². The normalized spacial score (nSPS) is 3.25. The van der Waals surface area contributed by atoms with E-state index >= 15 is 0 Å². The van der Waals surface area contributed by atoms with Crippen LogP contribution in [0.3, 0.4) is 0 Å². The molecule has 0 fully saturated rings. The first-order valence-corrected chi connectivity index (χ1v) is 1.06. The van der Waals surface area contributed by atoms with Crippen LogP contribution in [0.2, 0.25) is 0 Å². The van der Waals surface area contributed by atoms with Gasteiger partial charge in [-0.2, -0.15) is 0 Å². The van der Waals surface area contributed by atoms with Crippen molar-refractivity contribution in [3.63, 3.8) is 0 Å². The summed E-state index contributed by atoms with van der Waals surface area (Å²) in [4.78, 5) is 0. The van der Waals surface area contributed by atoms with Crippen LogP contribution in [0.25, 0.3) is 0 Å². The molecule has 4 radical (unpaired) electrons. The number of halogens is 1. The molecule has 0 saturated heterocycles. The zero-order valence-corrected chi connectivity index (χ0v) is 2.92. The summed E-state index contributed by atoms with van der Waals surface area (Å²) in [5.41, 5.74) is 1.22. The van der Waals surface area contributed by atoms with Crippen molar-refractivity contribution in [3.8, 4) is 0 Å². The van der Waals surface area contributed by atoms with Crippen LogP contribution in [-0.4, -0.2) is 0 Å². The maximum absolute atomic E-state index is 4.76. The summed E-state index contributed by atoms with van der Waals surface area (Å²) in [6.45, 7) is 3.13. The first-order valence-electron chi connectivity index (χ1n) is 0.626. The maximum atomic E-state index is 4.76. The molecule has 0 atom stereocenters. The lowest BCUT2D eigenvalue weighted by molar-refractivity contribution is 2.63. The molecular formula is C3H3Cl. The van der Waals surface area contributed by atoms with E-state index in [-0.39, 0.29) is 7.43 Å². The quantitative estimate of drug-likeness (QED) is 0.408. The molecule has 0 aliphatic rings. The van der Waals surface area contributed by atoms with Crippen LogP contribution in [0.15, 0.2) is 12.1 Å². The predicted molar refractivity (Wildman–Crippen MR) is 19.3 cm³/mol. The van der Waals surface area contributed by atoms with Crippen molar-refractivity contribution in [2.45, 2.75) is 0 Å². The molecule has 0 unspecified atom stereocenters. The fraction of sp³-hybridized carbons (Fsp3) is 0. The third kappa shape index (κ3) is 2390. The lowest BCUT2D eigenvalue weighted by Gasteiger charge is -1.27. The molecule has 0 bridgehead atoms. The molecule has 0 aliphatic heterocycles. The highest BCUT2D eigenvalue weighted by Gasteiger charge is 1.18. The zero-order valence-electron chi connectivity index (χ0n) is 2.16. The highest BCUT2D eigenvalue weighted by molar-refractivity contribution is 6.25. The Balaban J connectivity index is 0. The minimum absolute atomic E-state index is 0. The Bertz CT molecular complexity index is 10.8. The summed E-state index contributed by atoms with van der Waals surface area (Å²) in [6.07, 6.45) is 0. The standard InChI is InChI=1S/C2H3Cl.C/c1-2-3;/h2H,1H2;. The van der Waals surface area contributed by atoms with Gasteiger partial charge in [0.25, 0.3) is 0 Å². The van der Waals surface area contributed by atoms with Crippen LogP contribution in [0.4, 0.5) is 0 Å². The third-order valence-electron chi connectivity index (χ3n) is 0. The van der Waals surface area contributed by atoms with Crippen molar-refractivity contribution < 1.29 is 0 Å². The molecule has 0 aromatic heterocycles. The van der Waals surface area contributed by atoms with Gasteiger partial charge in [0.2, 0.25) is 0 Å². The summed E-state index contributed by atoms with van der Waals surface area (Å²) in [7, 11) is 0. The summed E-state index contributed by atoms with van der Waals surface area (Å²) >= 11 is 4.76. The van der Waals surface area contributed by atoms with E-state index < -0.39 is 0 Å². The van der Waals surface area contributed by atoms with E-state index in [2.05, 4.69) is 6.58 Å². The average Bonchev–Trinajstić information content (AvgIpc) is 0.918. The van der Waals surface area contributed by atoms with Gasteiger partial charge in [-0.25, -0.2) is 0 Å². The number of hydrogen-bond acceptors (Lipinski definition) is 0. The molecular weight excluding hydrogens is 71.5 g/mol. The van der Waals surface area contributed by atoms with E-state index in [4.69, 9.17) is 11.6 Å². The maximum Gasteiger partial charge on any atom is 0 e. The van der Waals surface area contributed by atoms with E-state index in [1.165, 1.54) is 5.54 Å². The molecule has 0 N–H and O–H groups in total. The molecule has 0 spiro atoms. The smallest absolute Gasteiger partial charge is 0 e. The molecule has 1 heteroatoms. The van der Waals surface area contributed by atoms with Gasteiger partial charge in [0, 0.05) is 7.43 Å². The van der Waals surface area contributed by atoms with Gasteiger partial charge in [-0.1, -0.05) is 18.2 Å². The largest absolute Gasteiger partial charge is 0.0936 e. The highest BCUT2D eigenvalue weighted by Crippen LogP contribution is 1.60. The van der Waals surface area contributed by atoms with Crippen molar-refractivity contribution in [1.82, 2.24) is 0 Å². The SMILES string of the molecule is C=CCl.[C]. The predicted octanol–water partition coefficient (Wildman–Crippen LogP) is 1.45. The van der Waals surface area contributed by atoms with Gasteiger partial charge in [-0.15, -0.1) is 0 Å². The van der Waals surface area contributed by atoms with Crippen LogP contribution in [0, 0.1) is 7.43 Å². The van der Waals surface area contributed by atoms with Gasteiger partial charge in [0.15, 0.2) is 0 Å². The van der Waals surface area contributed by atoms with Gasteiger partial charge >= 0.3 is 0 Å². The summed E-state index contributed by atoms with van der Waals surface area (Å²) in [5, 5.41) is 0. The molecule has 0 aliphatic carbocycles. The molecule has 0 saturated carbocycles. The second-order valence-electron chi connectivity index (χ2n) is 0.154. The third-order valence-corrected chi connectivity index (χ3v) is 0. The Morgan fingerprint density at radius 3 is 1.75 bits per heavy atom. The lowest BCUT2D eigenvalue weighted by Crippen LogP contribution is -0.926. The number of rotatable bonds is 0. The van der Waals surface area contributed by atoms with Crippen molar-refractivity contribution in [1.29, 1.82) is 0 Å². The monoisotopic (exact) mass is 74.0 g/mol. The van der Waals surface area contributed by atoms with Gasteiger partial charge < -0.3 is 0 Å². The second kappa shape index (κ2) is 11.8. The van der Waals surface area contributed by atoms with Crippen LogP contribution in [0.1, 0.15) is 0 Å². The summed E-state index contributed by atoms with van der Waals surface area (Å²) < 4.78 is 0. The molecule has 0 amide bonds. The van der Waals surface area contributed by atoms with Crippen molar-refractivity contribution in [2.24, 2.45) is 0 Å². The second-order valence-corrected chi connectivity index (χ2v) is 0.463. The van der Waals surface area contributed by atoms with Crippen molar-refractivity contribution in [3.05, 3.63) is 19.5 Å². The highest BCUT2D eigenvalue weighted by atomic mass is 35.5. The Morgan fingerprint density at radius 1 is 1.75 bits per heavy atom. The first-order chi connectivity index (χ1) is 1.41. The molecule has 0 rings (SSSR count). The summed E-state index contributed by atoms with van der Waals surface area (Å²) in [5.74, 6) is 0. The molecule has 4 heavy (non-hydrogen) atoms. The van der Waals surface area contributed by atoms with Crippen LogP contribution >= 0.6 is 11.6 Å². The number of hydrogen-bond donors (Lipinski definition) is 0. The van der Waals surface area contributed by atoms with E-state index in [1.54, 1.807) is 0 Å². The lowest BCUT2D eigenvalue weighted by atomic mass is 11.3. The van der Waals surface area contributed by atoms with Crippen LogP contribution in [0.5, 0.6) is 0 Å². The van der Waals surface area contributed by atoms with Gasteiger partial charge in [0.05, 0.1) is 0 Å². The fourth-order valence-electron chi connectivity index (χ4n) is 0. The molecule has 0 aromatic rings. The Morgan fingerprint density at radius 2 is 1.75 bits per heavy atom. The van der Waals surface area contributed by atoms with Gasteiger partial charge in [-0.05, 0) is 5.54 Å². The zero-order chi connectivity index (χ0) is 2.71. The van der Waals surface area contributed by atoms with Crippen LogP contribution in [-0.2, 0) is 0 Å². The minimum Gasteiger partial charge on any atom is -0.0936 e. The van der Waals surface area contributed by atoms with Gasteiger partial charge in [0.1, 0.15) is 0 Å². The van der Waals surface area contributed by atoms with E-state index in [9.17, 15) is 0 Å². The Kier molecular flexibility index (Phi) is 26.4. The van der Waals surface area contributed by atoms with E-state index in [0.29, 0.717) is 0 Å². The van der Waals surface area contributed by atoms with Gasteiger partial charge in [-0.3, -0.25) is 0 Å². The van der Waals surface area contributed by atoms with Crippen molar-refractivity contribution >= 4 is 11.6 Å². The first kappa shape index (κ1) is 8.98. The minimum atomic E-state index is 0. The summed E-state index contributed by atoms with van der Waals surface area (Å²) in [6, 6.07) is 0. The molecule has 0 heterocycles. The van der Waals surface area contributed by atoms with Crippen molar-refractivity contribution in [2.75, 3.05) is 0 Å². The Labute approximate surface area is 32.1 Å². The average molecular weight is 74.5 g/mol.